The molecule has 1 amide bonds. The van der Waals surface area contributed by atoms with Crippen LogP contribution in [0.2, 0.25) is 0 Å². The Morgan fingerprint density at radius 2 is 1.93 bits per heavy atom. The number of methoxy groups -OCH3 is 1. The SMILES string of the molecule is COc1c(N(O)O)ccc2c1C[C@H]1N(C(=O)C(F)(F)F)CC[C@]2(C)C1(C)C. The number of hydrogen-bond donors (Lipinski definition) is 2. The molecule has 150 valence electrons. The molecule has 2 aliphatic rings. The summed E-state index contributed by atoms with van der Waals surface area (Å²) < 4.78 is 44.7. The van der Waals surface area contributed by atoms with Crippen molar-refractivity contribution < 1.29 is 33.1 Å². The molecule has 0 spiro atoms. The zero-order valence-electron chi connectivity index (χ0n) is 15.6. The lowest BCUT2D eigenvalue weighted by Gasteiger charge is -2.60. The number of rotatable bonds is 2. The molecule has 1 aromatic rings. The fourth-order valence-electron chi connectivity index (χ4n) is 4.75. The first-order valence-electron chi connectivity index (χ1n) is 8.62. The van der Waals surface area contributed by atoms with Crippen molar-refractivity contribution in [2.24, 2.45) is 5.41 Å². The number of ether oxygens (including phenoxy) is 1. The van der Waals surface area contributed by atoms with E-state index >= 15 is 0 Å². The Hall–Kier alpha value is -2.00. The molecule has 9 heteroatoms. The number of amides is 1. The van der Waals surface area contributed by atoms with Crippen LogP contribution in [-0.4, -0.2) is 47.1 Å². The maximum atomic E-state index is 13.1. The Morgan fingerprint density at radius 3 is 2.44 bits per heavy atom. The highest BCUT2D eigenvalue weighted by atomic mass is 19.4. The van der Waals surface area contributed by atoms with E-state index in [1.165, 1.54) is 13.2 Å². The van der Waals surface area contributed by atoms with Crippen molar-refractivity contribution in [3.05, 3.63) is 23.3 Å². The van der Waals surface area contributed by atoms with E-state index in [1.807, 2.05) is 20.8 Å². The Morgan fingerprint density at radius 1 is 1.30 bits per heavy atom. The molecule has 3 rings (SSSR count). The molecule has 1 fully saturated rings. The van der Waals surface area contributed by atoms with Crippen molar-refractivity contribution in [2.45, 2.75) is 51.2 Å². The van der Waals surface area contributed by atoms with Crippen LogP contribution < -0.4 is 9.96 Å². The summed E-state index contributed by atoms with van der Waals surface area (Å²) >= 11 is 0. The van der Waals surface area contributed by atoms with E-state index in [-0.39, 0.29) is 29.6 Å². The number of halogens is 3. The first-order chi connectivity index (χ1) is 12.4. The Balaban J connectivity index is 2.19. The molecule has 0 saturated carbocycles. The van der Waals surface area contributed by atoms with Gasteiger partial charge >= 0.3 is 12.1 Å². The van der Waals surface area contributed by atoms with Gasteiger partial charge in [0.05, 0.1) is 7.11 Å². The first-order valence-corrected chi connectivity index (χ1v) is 8.62. The average Bonchev–Trinajstić information content (AvgIpc) is 2.55. The van der Waals surface area contributed by atoms with Crippen LogP contribution in [0, 0.1) is 5.41 Å². The minimum Gasteiger partial charge on any atom is -0.494 e. The van der Waals surface area contributed by atoms with Gasteiger partial charge in [-0.05, 0) is 29.9 Å². The highest BCUT2D eigenvalue weighted by molar-refractivity contribution is 5.83. The molecule has 6 nitrogen and oxygen atoms in total. The number of alkyl halides is 3. The van der Waals surface area contributed by atoms with Gasteiger partial charge in [0, 0.05) is 23.6 Å². The minimum atomic E-state index is -4.94. The summed E-state index contributed by atoms with van der Waals surface area (Å²) in [6, 6.07) is 2.56. The smallest absolute Gasteiger partial charge is 0.471 e. The topological polar surface area (TPSA) is 73.2 Å². The molecule has 0 radical (unpaired) electrons. The van der Waals surface area contributed by atoms with Gasteiger partial charge in [-0.1, -0.05) is 26.8 Å². The number of carbonyl (C=O) groups is 1. The maximum absolute atomic E-state index is 13.1. The van der Waals surface area contributed by atoms with Crippen LogP contribution in [0.5, 0.6) is 5.75 Å². The van der Waals surface area contributed by atoms with E-state index in [4.69, 9.17) is 4.74 Å². The molecule has 1 aromatic carbocycles. The third-order valence-corrected chi connectivity index (χ3v) is 6.64. The van der Waals surface area contributed by atoms with Crippen LogP contribution in [0.3, 0.4) is 0 Å². The Labute approximate surface area is 155 Å². The van der Waals surface area contributed by atoms with Crippen LogP contribution in [0.4, 0.5) is 18.9 Å². The summed E-state index contributed by atoms with van der Waals surface area (Å²) in [5.41, 5.74) is 0.352. The number of piperidine rings is 1. The average molecular weight is 388 g/mol. The van der Waals surface area contributed by atoms with Gasteiger partial charge < -0.3 is 9.64 Å². The zero-order valence-corrected chi connectivity index (χ0v) is 15.6. The summed E-state index contributed by atoms with van der Waals surface area (Å²) in [6.07, 6.45) is -4.45. The third-order valence-electron chi connectivity index (χ3n) is 6.64. The van der Waals surface area contributed by atoms with Crippen molar-refractivity contribution in [1.82, 2.24) is 4.90 Å². The summed E-state index contributed by atoms with van der Waals surface area (Å²) in [5, 5.41) is 18.8. The number of nitrogens with zero attached hydrogens (tertiary/aromatic N) is 2. The molecular formula is C18H23F3N2O4. The van der Waals surface area contributed by atoms with Gasteiger partial charge in [-0.15, -0.1) is 5.23 Å². The van der Waals surface area contributed by atoms with Gasteiger partial charge in [-0.3, -0.25) is 15.2 Å². The molecule has 2 bridgehead atoms. The second-order valence-electron chi connectivity index (χ2n) is 7.95. The van der Waals surface area contributed by atoms with Crippen molar-refractivity contribution in [3.8, 4) is 5.75 Å². The maximum Gasteiger partial charge on any atom is 0.471 e. The molecular weight excluding hydrogens is 365 g/mol. The third kappa shape index (κ3) is 2.67. The van der Waals surface area contributed by atoms with E-state index in [0.717, 1.165) is 10.5 Å². The number of benzene rings is 1. The number of likely N-dealkylation sites (tertiary alicyclic amines) is 1. The second kappa shape index (κ2) is 6.00. The van der Waals surface area contributed by atoms with Crippen LogP contribution in [-0.2, 0) is 16.6 Å². The standard InChI is InChI=1S/C18H23F3N2O4/c1-16(2)13-9-10-11(5-6-12(23(25)26)14(10)27-4)17(16,3)7-8-22(13)15(24)18(19,20)21/h5-6,13,25-26H,7-9H2,1-4H3/t13-,17+/m1/s1. The van der Waals surface area contributed by atoms with Crippen molar-refractivity contribution in [2.75, 3.05) is 18.9 Å². The zero-order chi connectivity index (χ0) is 20.4. The fourth-order valence-corrected chi connectivity index (χ4v) is 4.75. The predicted molar refractivity (Wildman–Crippen MR) is 90.1 cm³/mol. The van der Waals surface area contributed by atoms with Crippen LogP contribution in [0.1, 0.15) is 38.3 Å². The lowest BCUT2D eigenvalue weighted by Crippen LogP contribution is -2.66. The molecule has 0 unspecified atom stereocenters. The van der Waals surface area contributed by atoms with Crippen LogP contribution in [0.25, 0.3) is 0 Å². The van der Waals surface area contributed by atoms with Crippen LogP contribution >= 0.6 is 0 Å². The summed E-state index contributed by atoms with van der Waals surface area (Å²) in [4.78, 5) is 12.9. The summed E-state index contributed by atoms with van der Waals surface area (Å²) in [6.45, 7) is 5.74. The van der Waals surface area contributed by atoms with Gasteiger partial charge in [-0.2, -0.15) is 13.2 Å². The normalized spacial score (nSPS) is 26.4. The minimum absolute atomic E-state index is 0.00803. The van der Waals surface area contributed by atoms with E-state index in [9.17, 15) is 28.4 Å². The van der Waals surface area contributed by atoms with Gasteiger partial charge in [0.25, 0.3) is 0 Å². The van der Waals surface area contributed by atoms with Gasteiger partial charge in [0.15, 0.2) is 5.75 Å². The molecule has 1 aliphatic heterocycles. The molecule has 2 atom stereocenters. The monoisotopic (exact) mass is 388 g/mol. The fraction of sp³-hybridized carbons (Fsp3) is 0.611. The van der Waals surface area contributed by atoms with Gasteiger partial charge in [-0.25, -0.2) is 0 Å². The van der Waals surface area contributed by atoms with Crippen LogP contribution in [0.15, 0.2) is 12.1 Å². The van der Waals surface area contributed by atoms with E-state index in [1.54, 1.807) is 6.07 Å². The van der Waals surface area contributed by atoms with E-state index in [2.05, 4.69) is 0 Å². The quantitative estimate of drug-likeness (QED) is 0.761. The van der Waals surface area contributed by atoms with Gasteiger partial charge in [0.1, 0.15) is 5.69 Å². The van der Waals surface area contributed by atoms with E-state index in [0.29, 0.717) is 12.0 Å². The van der Waals surface area contributed by atoms with Crippen molar-refractivity contribution in [3.63, 3.8) is 0 Å². The summed E-state index contributed by atoms with van der Waals surface area (Å²) in [7, 11) is 1.36. The predicted octanol–water partition coefficient (Wildman–Crippen LogP) is 3.28. The van der Waals surface area contributed by atoms with Gasteiger partial charge in [0.2, 0.25) is 0 Å². The lowest BCUT2D eigenvalue weighted by molar-refractivity contribution is -0.195. The number of fused-ring (bicyclic) bond motifs is 4. The lowest BCUT2D eigenvalue weighted by atomic mass is 9.51. The second-order valence-corrected chi connectivity index (χ2v) is 7.95. The Kier molecular flexibility index (Phi) is 4.39. The molecule has 27 heavy (non-hydrogen) atoms. The molecule has 0 aromatic heterocycles. The largest absolute Gasteiger partial charge is 0.494 e. The van der Waals surface area contributed by atoms with Crippen molar-refractivity contribution >= 4 is 11.6 Å². The first kappa shape index (κ1) is 19.8. The Bertz CT molecular complexity index is 779. The number of hydrogen-bond acceptors (Lipinski definition) is 5. The van der Waals surface area contributed by atoms with Crippen molar-refractivity contribution in [1.29, 1.82) is 0 Å². The number of carbonyl (C=O) groups excluding carboxylic acids is 1. The number of anilines is 1. The van der Waals surface area contributed by atoms with E-state index < -0.39 is 29.0 Å². The molecule has 1 heterocycles. The summed E-state index contributed by atoms with van der Waals surface area (Å²) in [5.74, 6) is -1.65. The highest BCUT2D eigenvalue weighted by Gasteiger charge is 2.60. The molecule has 1 saturated heterocycles. The molecule has 2 N–H and O–H groups in total. The highest BCUT2D eigenvalue weighted by Crippen LogP contribution is 2.58. The molecule has 1 aliphatic carbocycles.